The monoisotopic (exact) mass is 260 g/mol. The van der Waals surface area contributed by atoms with Crippen LogP contribution in [0, 0.1) is 5.82 Å². The maximum atomic E-state index is 13.3. The zero-order valence-electron chi connectivity index (χ0n) is 7.43. The van der Waals surface area contributed by atoms with Crippen LogP contribution in [0.25, 0.3) is 0 Å². The molecule has 0 bridgehead atoms. The fraction of sp³-hybridized carbons (Fsp3) is 0.444. The van der Waals surface area contributed by atoms with Crippen molar-refractivity contribution in [3.8, 4) is 0 Å². The van der Waals surface area contributed by atoms with Crippen molar-refractivity contribution < 1.29 is 9.50 Å². The first-order valence-corrected chi connectivity index (χ1v) is 5.15. The third kappa shape index (κ3) is 1.88. The summed E-state index contributed by atoms with van der Waals surface area (Å²) in [6, 6.07) is 1.35. The summed E-state index contributed by atoms with van der Waals surface area (Å²) in [5.74, 6) is -0.196. The number of halogens is 2. The van der Waals surface area contributed by atoms with Crippen LogP contribution in [0.2, 0.25) is 0 Å². The highest BCUT2D eigenvalue weighted by molar-refractivity contribution is 9.10. The lowest BCUT2D eigenvalue weighted by molar-refractivity contribution is 0.265. The Kier molecular flexibility index (Phi) is 2.45. The first kappa shape index (κ1) is 9.86. The zero-order valence-corrected chi connectivity index (χ0v) is 9.01. The van der Waals surface area contributed by atoms with Crippen LogP contribution in [-0.4, -0.2) is 22.2 Å². The van der Waals surface area contributed by atoms with Gasteiger partial charge in [0.15, 0.2) is 11.6 Å². The topological polar surface area (TPSA) is 45.1 Å². The number of aliphatic hydroxyl groups excluding tert-OH is 1. The van der Waals surface area contributed by atoms with Crippen LogP contribution >= 0.6 is 15.9 Å². The summed E-state index contributed by atoms with van der Waals surface area (Å²) >= 11 is 3.13. The Morgan fingerprint density at radius 3 is 2.86 bits per heavy atom. The minimum Gasteiger partial charge on any atom is -0.394 e. The summed E-state index contributed by atoms with van der Waals surface area (Å²) in [6.07, 6.45) is 3.25. The molecule has 0 spiro atoms. The molecule has 1 heterocycles. The van der Waals surface area contributed by atoms with Crippen LogP contribution < -0.4 is 5.32 Å². The Balaban J connectivity index is 2.17. The van der Waals surface area contributed by atoms with Gasteiger partial charge in [-0.3, -0.25) is 0 Å². The van der Waals surface area contributed by atoms with E-state index in [4.69, 9.17) is 5.11 Å². The van der Waals surface area contributed by atoms with Gasteiger partial charge in [0, 0.05) is 10.7 Å². The third-order valence-electron chi connectivity index (χ3n) is 2.35. The van der Waals surface area contributed by atoms with E-state index < -0.39 is 5.82 Å². The van der Waals surface area contributed by atoms with Gasteiger partial charge in [0.05, 0.1) is 12.1 Å². The van der Waals surface area contributed by atoms with E-state index in [1.54, 1.807) is 0 Å². The molecule has 0 unspecified atom stereocenters. The van der Waals surface area contributed by atoms with Gasteiger partial charge in [0.1, 0.15) is 0 Å². The van der Waals surface area contributed by atoms with Crippen molar-refractivity contribution in [1.82, 2.24) is 4.98 Å². The first-order valence-electron chi connectivity index (χ1n) is 4.35. The van der Waals surface area contributed by atoms with Crippen molar-refractivity contribution in [1.29, 1.82) is 0 Å². The van der Waals surface area contributed by atoms with E-state index in [-0.39, 0.29) is 18.0 Å². The van der Waals surface area contributed by atoms with Crippen molar-refractivity contribution in [3.05, 3.63) is 22.6 Å². The molecule has 2 rings (SSSR count). The fourth-order valence-corrected chi connectivity index (χ4v) is 1.53. The second-order valence-electron chi connectivity index (χ2n) is 3.55. The Labute approximate surface area is 89.5 Å². The molecule has 0 amide bonds. The van der Waals surface area contributed by atoms with Gasteiger partial charge in [-0.15, -0.1) is 0 Å². The van der Waals surface area contributed by atoms with Crippen molar-refractivity contribution in [2.45, 2.75) is 18.4 Å². The van der Waals surface area contributed by atoms with Crippen LogP contribution in [0.3, 0.4) is 0 Å². The SMILES string of the molecule is OCC1(Nc2ncc(Br)cc2F)CC1. The van der Waals surface area contributed by atoms with Gasteiger partial charge in [0.25, 0.3) is 0 Å². The molecule has 0 atom stereocenters. The quantitative estimate of drug-likeness (QED) is 0.873. The Morgan fingerprint density at radius 1 is 1.64 bits per heavy atom. The Morgan fingerprint density at radius 2 is 2.36 bits per heavy atom. The van der Waals surface area contributed by atoms with Crippen LogP contribution in [-0.2, 0) is 0 Å². The maximum Gasteiger partial charge on any atom is 0.166 e. The number of nitrogens with one attached hydrogen (secondary N) is 1. The zero-order chi connectivity index (χ0) is 10.2. The molecule has 1 aromatic rings. The number of anilines is 1. The summed E-state index contributed by atoms with van der Waals surface area (Å²) in [6.45, 7) is 0.0180. The van der Waals surface area contributed by atoms with Gasteiger partial charge in [-0.05, 0) is 34.8 Å². The highest BCUT2D eigenvalue weighted by atomic mass is 79.9. The van der Waals surface area contributed by atoms with E-state index in [9.17, 15) is 4.39 Å². The molecule has 5 heteroatoms. The van der Waals surface area contributed by atoms with Gasteiger partial charge in [0.2, 0.25) is 0 Å². The molecule has 2 N–H and O–H groups in total. The predicted octanol–water partition coefficient (Wildman–Crippen LogP) is 1.92. The summed E-state index contributed by atoms with van der Waals surface area (Å²) in [5.41, 5.74) is -0.332. The first-order chi connectivity index (χ1) is 6.65. The summed E-state index contributed by atoms with van der Waals surface area (Å²) in [4.78, 5) is 3.91. The third-order valence-corrected chi connectivity index (χ3v) is 2.78. The largest absolute Gasteiger partial charge is 0.394 e. The van der Waals surface area contributed by atoms with E-state index in [0.717, 1.165) is 12.8 Å². The van der Waals surface area contributed by atoms with Crippen LogP contribution in [0.4, 0.5) is 10.2 Å². The number of rotatable bonds is 3. The summed E-state index contributed by atoms with van der Waals surface area (Å²) in [7, 11) is 0. The van der Waals surface area contributed by atoms with Crippen molar-refractivity contribution in [3.63, 3.8) is 0 Å². The molecular weight excluding hydrogens is 251 g/mol. The maximum absolute atomic E-state index is 13.3. The summed E-state index contributed by atoms with van der Waals surface area (Å²) < 4.78 is 13.9. The standard InChI is InChI=1S/C9H10BrFN2O/c10-6-3-7(11)8(12-4-6)13-9(5-14)1-2-9/h3-4,14H,1-2,5H2,(H,12,13). The molecule has 0 saturated heterocycles. The highest BCUT2D eigenvalue weighted by Crippen LogP contribution is 2.38. The number of hydrogen-bond acceptors (Lipinski definition) is 3. The molecular formula is C9H10BrFN2O. The lowest BCUT2D eigenvalue weighted by Gasteiger charge is -2.15. The molecule has 1 aliphatic carbocycles. The van der Waals surface area contributed by atoms with Gasteiger partial charge in [-0.1, -0.05) is 0 Å². The van der Waals surface area contributed by atoms with E-state index in [1.165, 1.54) is 12.3 Å². The highest BCUT2D eigenvalue weighted by Gasteiger charge is 2.42. The number of aromatic nitrogens is 1. The van der Waals surface area contributed by atoms with E-state index >= 15 is 0 Å². The van der Waals surface area contributed by atoms with Crippen LogP contribution in [0.15, 0.2) is 16.7 Å². The average molecular weight is 261 g/mol. The minimum absolute atomic E-state index is 0.0180. The Bertz CT molecular complexity index is 355. The van der Waals surface area contributed by atoms with Crippen molar-refractivity contribution >= 4 is 21.7 Å². The number of pyridine rings is 1. The van der Waals surface area contributed by atoms with Crippen molar-refractivity contribution in [2.75, 3.05) is 11.9 Å². The molecule has 1 aliphatic rings. The molecule has 1 aromatic heterocycles. The van der Waals surface area contributed by atoms with Crippen LogP contribution in [0.1, 0.15) is 12.8 Å². The number of aliphatic hydroxyl groups is 1. The molecule has 76 valence electrons. The molecule has 3 nitrogen and oxygen atoms in total. The molecule has 14 heavy (non-hydrogen) atoms. The van der Waals surface area contributed by atoms with E-state index in [0.29, 0.717) is 4.47 Å². The van der Waals surface area contributed by atoms with Crippen molar-refractivity contribution in [2.24, 2.45) is 0 Å². The lowest BCUT2D eigenvalue weighted by atomic mass is 10.3. The molecule has 0 radical (unpaired) electrons. The average Bonchev–Trinajstić information content (AvgIpc) is 2.91. The van der Waals surface area contributed by atoms with E-state index in [1.807, 2.05) is 0 Å². The molecule has 1 fully saturated rings. The van der Waals surface area contributed by atoms with Gasteiger partial charge in [-0.25, -0.2) is 9.37 Å². The molecule has 0 aliphatic heterocycles. The minimum atomic E-state index is -0.404. The Hall–Kier alpha value is -0.680. The normalized spacial score (nSPS) is 17.9. The second kappa shape index (κ2) is 3.47. The van der Waals surface area contributed by atoms with Gasteiger partial charge >= 0.3 is 0 Å². The molecule has 1 saturated carbocycles. The molecule has 0 aromatic carbocycles. The summed E-state index contributed by atoms with van der Waals surface area (Å²) in [5, 5.41) is 12.0. The lowest BCUT2D eigenvalue weighted by Crippen LogP contribution is -2.26. The van der Waals surface area contributed by atoms with Gasteiger partial charge in [-0.2, -0.15) is 0 Å². The number of nitrogens with zero attached hydrogens (tertiary/aromatic N) is 1. The van der Waals surface area contributed by atoms with Crippen LogP contribution in [0.5, 0.6) is 0 Å². The van der Waals surface area contributed by atoms with Gasteiger partial charge < -0.3 is 10.4 Å². The van der Waals surface area contributed by atoms with E-state index in [2.05, 4.69) is 26.2 Å². The predicted molar refractivity (Wildman–Crippen MR) is 54.6 cm³/mol. The smallest absolute Gasteiger partial charge is 0.166 e. The second-order valence-corrected chi connectivity index (χ2v) is 4.46. The fourth-order valence-electron chi connectivity index (χ4n) is 1.23. The number of hydrogen-bond donors (Lipinski definition) is 2.